The number of nitrogens with two attached hydrogens (primary N) is 1. The van der Waals surface area contributed by atoms with Crippen molar-refractivity contribution in [2.24, 2.45) is 5.73 Å². The van der Waals surface area contributed by atoms with Gasteiger partial charge in [-0.3, -0.25) is 4.57 Å². The fraction of sp³-hybridized carbons (Fsp3) is 0.385. The summed E-state index contributed by atoms with van der Waals surface area (Å²) in [5.74, 6) is 0. The van der Waals surface area contributed by atoms with Crippen LogP contribution < -0.4 is 11.4 Å². The SMILES string of the molecule is CCn1c(Sc2ccc(Br)cc2CC(C)N)n[nH]c1=O. The molecule has 1 aromatic heterocycles. The minimum atomic E-state index is -0.180. The Bertz CT molecular complexity index is 650. The van der Waals surface area contributed by atoms with E-state index in [9.17, 15) is 4.79 Å². The number of benzene rings is 1. The number of nitrogens with zero attached hydrogens (tertiary/aromatic N) is 2. The summed E-state index contributed by atoms with van der Waals surface area (Å²) < 4.78 is 2.63. The molecule has 7 heteroatoms. The lowest BCUT2D eigenvalue weighted by atomic mass is 10.1. The van der Waals surface area contributed by atoms with Gasteiger partial charge >= 0.3 is 5.69 Å². The van der Waals surface area contributed by atoms with Gasteiger partial charge in [-0.1, -0.05) is 15.9 Å². The van der Waals surface area contributed by atoms with Gasteiger partial charge in [0.2, 0.25) is 0 Å². The maximum atomic E-state index is 11.6. The van der Waals surface area contributed by atoms with Crippen LogP contribution in [0.1, 0.15) is 19.4 Å². The molecule has 0 aliphatic heterocycles. The first-order valence-corrected chi connectivity index (χ1v) is 7.99. The lowest BCUT2D eigenvalue weighted by molar-refractivity contribution is 0.660. The highest BCUT2D eigenvalue weighted by atomic mass is 79.9. The van der Waals surface area contributed by atoms with Gasteiger partial charge in [0.15, 0.2) is 5.16 Å². The summed E-state index contributed by atoms with van der Waals surface area (Å²) in [6, 6.07) is 6.14. The molecule has 108 valence electrons. The molecule has 1 atom stereocenters. The molecule has 1 unspecified atom stereocenters. The molecular weight excluding hydrogens is 340 g/mol. The smallest absolute Gasteiger partial charge is 0.328 e. The zero-order valence-corrected chi connectivity index (χ0v) is 13.8. The predicted octanol–water partition coefficient (Wildman–Crippen LogP) is 2.39. The van der Waals surface area contributed by atoms with E-state index in [4.69, 9.17) is 5.73 Å². The van der Waals surface area contributed by atoms with Crippen LogP contribution >= 0.6 is 27.7 Å². The van der Waals surface area contributed by atoms with Crippen molar-refractivity contribution < 1.29 is 0 Å². The fourth-order valence-electron chi connectivity index (χ4n) is 1.91. The first-order chi connectivity index (χ1) is 9.51. The molecule has 1 heterocycles. The van der Waals surface area contributed by atoms with E-state index >= 15 is 0 Å². The molecule has 0 saturated carbocycles. The van der Waals surface area contributed by atoms with Gasteiger partial charge in [0.25, 0.3) is 0 Å². The van der Waals surface area contributed by atoms with Gasteiger partial charge in [-0.05, 0) is 55.8 Å². The summed E-state index contributed by atoms with van der Waals surface area (Å²) in [7, 11) is 0. The van der Waals surface area contributed by atoms with E-state index in [2.05, 4.69) is 32.2 Å². The van der Waals surface area contributed by atoms with Crippen LogP contribution in [0.5, 0.6) is 0 Å². The van der Waals surface area contributed by atoms with E-state index in [1.54, 1.807) is 4.57 Å². The average Bonchev–Trinajstić information content (AvgIpc) is 2.72. The minimum absolute atomic E-state index is 0.0798. The van der Waals surface area contributed by atoms with Crippen LogP contribution in [0.15, 0.2) is 37.5 Å². The molecule has 0 fully saturated rings. The highest BCUT2D eigenvalue weighted by Crippen LogP contribution is 2.31. The highest BCUT2D eigenvalue weighted by molar-refractivity contribution is 9.10. The first-order valence-electron chi connectivity index (χ1n) is 6.38. The number of hydrogen-bond acceptors (Lipinski definition) is 4. The molecular formula is C13H17BrN4OS. The molecule has 0 aliphatic carbocycles. The number of rotatable bonds is 5. The number of H-pyrrole nitrogens is 1. The molecule has 0 bridgehead atoms. The van der Waals surface area contributed by atoms with Gasteiger partial charge in [-0.2, -0.15) is 0 Å². The summed E-state index contributed by atoms with van der Waals surface area (Å²) in [6.07, 6.45) is 0.780. The van der Waals surface area contributed by atoms with Gasteiger partial charge in [0.1, 0.15) is 0 Å². The number of hydrogen-bond donors (Lipinski definition) is 2. The topological polar surface area (TPSA) is 76.7 Å². The Kier molecular flexibility index (Phi) is 5.06. The van der Waals surface area contributed by atoms with Crippen LogP contribution in [-0.4, -0.2) is 20.8 Å². The lowest BCUT2D eigenvalue weighted by Crippen LogP contribution is -2.18. The molecule has 0 amide bonds. The summed E-state index contributed by atoms with van der Waals surface area (Å²) >= 11 is 4.96. The molecule has 0 radical (unpaired) electrons. The standard InChI is InChI=1S/C13H17BrN4OS/c1-3-18-12(19)16-17-13(18)20-11-5-4-10(14)7-9(11)6-8(2)15/h4-5,7-8H,3,6,15H2,1-2H3,(H,16,19). The normalized spacial score (nSPS) is 12.6. The third kappa shape index (κ3) is 3.53. The molecule has 2 aromatic rings. The number of aromatic amines is 1. The van der Waals surface area contributed by atoms with Crippen LogP contribution in [0.25, 0.3) is 0 Å². The van der Waals surface area contributed by atoms with Crippen LogP contribution in [0.3, 0.4) is 0 Å². The monoisotopic (exact) mass is 356 g/mol. The van der Waals surface area contributed by atoms with Gasteiger partial charge in [0.05, 0.1) is 0 Å². The highest BCUT2D eigenvalue weighted by Gasteiger charge is 2.12. The Balaban J connectivity index is 2.35. The van der Waals surface area contributed by atoms with E-state index in [-0.39, 0.29) is 11.7 Å². The van der Waals surface area contributed by atoms with Crippen molar-refractivity contribution in [1.82, 2.24) is 14.8 Å². The Morgan fingerprint density at radius 1 is 1.55 bits per heavy atom. The van der Waals surface area contributed by atoms with E-state index in [1.165, 1.54) is 11.8 Å². The zero-order chi connectivity index (χ0) is 14.7. The molecule has 3 N–H and O–H groups in total. The van der Waals surface area contributed by atoms with Gasteiger partial charge in [0, 0.05) is 22.0 Å². The molecule has 5 nitrogen and oxygen atoms in total. The number of nitrogens with one attached hydrogen (secondary N) is 1. The maximum Gasteiger partial charge on any atom is 0.343 e. The molecule has 0 aliphatic rings. The summed E-state index contributed by atoms with van der Waals surface area (Å²) in [5, 5.41) is 7.22. The maximum absolute atomic E-state index is 11.6. The minimum Gasteiger partial charge on any atom is -0.328 e. The second-order valence-electron chi connectivity index (χ2n) is 4.59. The van der Waals surface area contributed by atoms with Crippen LogP contribution in [0.2, 0.25) is 0 Å². The molecule has 0 saturated heterocycles. The Hall–Kier alpha value is -1.05. The largest absolute Gasteiger partial charge is 0.343 e. The summed E-state index contributed by atoms with van der Waals surface area (Å²) in [5.41, 5.74) is 6.87. The van der Waals surface area contributed by atoms with Crippen molar-refractivity contribution in [3.05, 3.63) is 38.7 Å². The molecule has 2 rings (SSSR count). The van der Waals surface area contributed by atoms with E-state index in [0.29, 0.717) is 11.7 Å². The van der Waals surface area contributed by atoms with Crippen LogP contribution in [0, 0.1) is 0 Å². The van der Waals surface area contributed by atoms with Crippen molar-refractivity contribution in [3.8, 4) is 0 Å². The van der Waals surface area contributed by atoms with Crippen molar-refractivity contribution >= 4 is 27.7 Å². The predicted molar refractivity (Wildman–Crippen MR) is 84.1 cm³/mol. The Morgan fingerprint density at radius 3 is 2.95 bits per heavy atom. The third-order valence-electron chi connectivity index (χ3n) is 2.81. The summed E-state index contributed by atoms with van der Waals surface area (Å²) in [6.45, 7) is 4.49. The van der Waals surface area contributed by atoms with Gasteiger partial charge in [-0.15, -0.1) is 5.10 Å². The van der Waals surface area contributed by atoms with Crippen LogP contribution in [-0.2, 0) is 13.0 Å². The average molecular weight is 357 g/mol. The number of halogens is 1. The molecule has 1 aromatic carbocycles. The van der Waals surface area contributed by atoms with Crippen molar-refractivity contribution in [1.29, 1.82) is 0 Å². The number of aromatic nitrogens is 3. The van der Waals surface area contributed by atoms with Crippen LogP contribution in [0.4, 0.5) is 0 Å². The van der Waals surface area contributed by atoms with Crippen molar-refractivity contribution in [3.63, 3.8) is 0 Å². The fourth-order valence-corrected chi connectivity index (χ4v) is 3.34. The summed E-state index contributed by atoms with van der Waals surface area (Å²) in [4.78, 5) is 12.7. The second-order valence-corrected chi connectivity index (χ2v) is 6.52. The Morgan fingerprint density at radius 2 is 2.30 bits per heavy atom. The quantitative estimate of drug-likeness (QED) is 0.862. The van der Waals surface area contributed by atoms with Crippen molar-refractivity contribution in [2.45, 2.75) is 42.9 Å². The van der Waals surface area contributed by atoms with Crippen molar-refractivity contribution in [2.75, 3.05) is 0 Å². The van der Waals surface area contributed by atoms with E-state index in [1.807, 2.05) is 26.0 Å². The third-order valence-corrected chi connectivity index (χ3v) is 4.41. The lowest BCUT2D eigenvalue weighted by Gasteiger charge is -2.11. The molecule has 0 spiro atoms. The van der Waals surface area contributed by atoms with E-state index < -0.39 is 0 Å². The van der Waals surface area contributed by atoms with Gasteiger partial charge < -0.3 is 5.73 Å². The van der Waals surface area contributed by atoms with Gasteiger partial charge in [-0.25, -0.2) is 9.89 Å². The zero-order valence-electron chi connectivity index (χ0n) is 11.4. The van der Waals surface area contributed by atoms with E-state index in [0.717, 1.165) is 21.4 Å². The first kappa shape index (κ1) is 15.3. The second kappa shape index (κ2) is 6.60. The Labute approximate surface area is 130 Å². The molecule has 20 heavy (non-hydrogen) atoms.